The van der Waals surface area contributed by atoms with Crippen LogP contribution >= 0.6 is 0 Å². The van der Waals surface area contributed by atoms with Gasteiger partial charge in [0.1, 0.15) is 6.04 Å². The number of carboxylic acids is 1. The van der Waals surface area contributed by atoms with Gasteiger partial charge in [-0.25, -0.2) is 8.42 Å². The largest absolute Gasteiger partial charge is 0.480 e. The number of hydrogen-bond donors (Lipinski definition) is 2. The van der Waals surface area contributed by atoms with Crippen LogP contribution in [0.15, 0.2) is 23.1 Å². The lowest BCUT2D eigenvalue weighted by molar-refractivity contribution is -0.140. The monoisotopic (exact) mass is 325 g/mol. The first-order valence-corrected chi connectivity index (χ1v) is 8.62. The van der Waals surface area contributed by atoms with E-state index in [9.17, 15) is 18.0 Å². The molecule has 0 aliphatic heterocycles. The number of aryl methyl sites for hydroxylation is 1. The van der Waals surface area contributed by atoms with Crippen molar-refractivity contribution in [2.75, 3.05) is 0 Å². The van der Waals surface area contributed by atoms with E-state index in [1.165, 1.54) is 18.2 Å². The Morgan fingerprint density at radius 1 is 1.27 bits per heavy atom. The second kappa shape index (κ2) is 6.18. The number of carboxylic acid groups (broad SMARTS) is 1. The highest BCUT2D eigenvalue weighted by Gasteiger charge is 2.29. The van der Waals surface area contributed by atoms with E-state index in [-0.39, 0.29) is 16.6 Å². The van der Waals surface area contributed by atoms with Gasteiger partial charge in [0, 0.05) is 12.0 Å². The lowest BCUT2D eigenvalue weighted by atomic mass is 9.91. The predicted molar refractivity (Wildman–Crippen MR) is 80.3 cm³/mol. The van der Waals surface area contributed by atoms with E-state index in [1.807, 2.05) is 0 Å². The molecule has 0 radical (unpaired) electrons. The fourth-order valence-electron chi connectivity index (χ4n) is 2.50. The van der Waals surface area contributed by atoms with Gasteiger partial charge in [0.25, 0.3) is 0 Å². The van der Waals surface area contributed by atoms with E-state index in [4.69, 9.17) is 5.11 Å². The summed E-state index contributed by atoms with van der Waals surface area (Å²) >= 11 is 0. The molecule has 120 valence electrons. The van der Waals surface area contributed by atoms with E-state index >= 15 is 0 Å². The summed E-state index contributed by atoms with van der Waals surface area (Å²) in [5.74, 6) is -1.58. The Balaban J connectivity index is 2.34. The molecule has 0 bridgehead atoms. The molecule has 6 nitrogen and oxygen atoms in total. The summed E-state index contributed by atoms with van der Waals surface area (Å²) in [6.45, 7) is 3.26. The number of carbonyl (C=O) groups is 2. The maximum absolute atomic E-state index is 12.4. The highest BCUT2D eigenvalue weighted by molar-refractivity contribution is 7.89. The Morgan fingerprint density at radius 2 is 1.95 bits per heavy atom. The van der Waals surface area contributed by atoms with Crippen molar-refractivity contribution in [1.82, 2.24) is 4.72 Å². The zero-order valence-electron chi connectivity index (χ0n) is 12.5. The minimum atomic E-state index is -3.94. The number of ketones is 1. The van der Waals surface area contributed by atoms with Crippen molar-refractivity contribution in [3.8, 4) is 0 Å². The molecule has 0 saturated heterocycles. The maximum atomic E-state index is 12.4. The van der Waals surface area contributed by atoms with Gasteiger partial charge in [0.2, 0.25) is 10.0 Å². The highest BCUT2D eigenvalue weighted by atomic mass is 32.2. The lowest BCUT2D eigenvalue weighted by Gasteiger charge is -2.19. The molecule has 1 atom stereocenters. The zero-order chi connectivity index (χ0) is 16.5. The molecule has 0 aromatic heterocycles. The minimum Gasteiger partial charge on any atom is -0.480 e. The van der Waals surface area contributed by atoms with Gasteiger partial charge in [-0.05, 0) is 42.5 Å². The number of rotatable bonds is 5. The van der Waals surface area contributed by atoms with Crippen LogP contribution in [0.1, 0.15) is 42.6 Å². The summed E-state index contributed by atoms with van der Waals surface area (Å²) in [6.07, 6.45) is 1.83. The van der Waals surface area contributed by atoms with Crippen LogP contribution in [-0.4, -0.2) is 31.3 Å². The fraction of sp³-hybridized carbons (Fsp3) is 0.467. The third-order valence-corrected chi connectivity index (χ3v) is 5.19. The molecule has 22 heavy (non-hydrogen) atoms. The third-order valence-electron chi connectivity index (χ3n) is 3.75. The predicted octanol–water partition coefficient (Wildman–Crippen LogP) is 1.59. The summed E-state index contributed by atoms with van der Waals surface area (Å²) in [5.41, 5.74) is 1.26. The highest BCUT2D eigenvalue weighted by Crippen LogP contribution is 2.24. The quantitative estimate of drug-likeness (QED) is 0.856. The average molecular weight is 325 g/mol. The van der Waals surface area contributed by atoms with Crippen LogP contribution < -0.4 is 4.72 Å². The van der Waals surface area contributed by atoms with Crippen molar-refractivity contribution in [1.29, 1.82) is 0 Å². The first kappa shape index (κ1) is 16.6. The molecular weight excluding hydrogens is 306 g/mol. The van der Waals surface area contributed by atoms with Gasteiger partial charge in [-0.2, -0.15) is 4.72 Å². The summed E-state index contributed by atoms with van der Waals surface area (Å²) < 4.78 is 26.9. The van der Waals surface area contributed by atoms with Crippen LogP contribution in [0.5, 0.6) is 0 Å². The first-order chi connectivity index (χ1) is 10.2. The standard InChI is InChI=1S/C15H19NO5S/c1-9(2)14(15(18)19)16-22(20,21)11-6-7-12-10(8-11)4-3-5-13(12)17/h6-9,14,16H,3-5H2,1-2H3,(H,18,19)/t14-/m1/s1. The van der Waals surface area contributed by atoms with Crippen LogP contribution in [0.4, 0.5) is 0 Å². The van der Waals surface area contributed by atoms with Gasteiger partial charge in [0.05, 0.1) is 4.90 Å². The first-order valence-electron chi connectivity index (χ1n) is 7.13. The number of benzene rings is 1. The smallest absolute Gasteiger partial charge is 0.322 e. The fourth-order valence-corrected chi connectivity index (χ4v) is 3.88. The van der Waals surface area contributed by atoms with Crippen LogP contribution in [0.25, 0.3) is 0 Å². The van der Waals surface area contributed by atoms with E-state index in [0.29, 0.717) is 30.4 Å². The molecule has 0 saturated carbocycles. The molecule has 0 unspecified atom stereocenters. The van der Waals surface area contributed by atoms with Crippen molar-refractivity contribution in [3.63, 3.8) is 0 Å². The topological polar surface area (TPSA) is 101 Å². The Morgan fingerprint density at radius 3 is 2.55 bits per heavy atom. The number of carbonyl (C=O) groups excluding carboxylic acids is 1. The van der Waals surface area contributed by atoms with Crippen molar-refractivity contribution in [2.45, 2.75) is 44.0 Å². The summed E-state index contributed by atoms with van der Waals surface area (Å²) in [5, 5.41) is 9.11. The van der Waals surface area contributed by atoms with Gasteiger partial charge < -0.3 is 5.11 Å². The molecule has 0 spiro atoms. The van der Waals surface area contributed by atoms with Crippen LogP contribution in [0.2, 0.25) is 0 Å². The number of fused-ring (bicyclic) bond motifs is 1. The molecule has 1 aromatic carbocycles. The van der Waals surface area contributed by atoms with E-state index < -0.39 is 22.0 Å². The van der Waals surface area contributed by atoms with Gasteiger partial charge in [-0.3, -0.25) is 9.59 Å². The number of Topliss-reactive ketones (excluding diaryl/α,β-unsaturated/α-hetero) is 1. The molecule has 0 fully saturated rings. The average Bonchev–Trinajstić information content (AvgIpc) is 2.44. The van der Waals surface area contributed by atoms with Crippen molar-refractivity contribution in [2.24, 2.45) is 5.92 Å². The van der Waals surface area contributed by atoms with Crippen molar-refractivity contribution < 1.29 is 23.1 Å². The molecule has 1 aromatic rings. The molecule has 1 aliphatic rings. The van der Waals surface area contributed by atoms with Crippen molar-refractivity contribution >= 4 is 21.8 Å². The molecule has 2 rings (SSSR count). The van der Waals surface area contributed by atoms with Crippen LogP contribution in [0.3, 0.4) is 0 Å². The SMILES string of the molecule is CC(C)[C@@H](NS(=O)(=O)c1ccc2c(c1)CCCC2=O)C(=O)O. The van der Waals surface area contributed by atoms with Gasteiger partial charge in [-0.15, -0.1) is 0 Å². The molecule has 0 amide bonds. The number of aliphatic carboxylic acids is 1. The minimum absolute atomic E-state index is 0.00662. The molecule has 7 heteroatoms. The number of hydrogen-bond acceptors (Lipinski definition) is 4. The maximum Gasteiger partial charge on any atom is 0.322 e. The summed E-state index contributed by atoms with van der Waals surface area (Å²) in [6, 6.07) is 3.14. The van der Waals surface area contributed by atoms with Crippen LogP contribution in [-0.2, 0) is 21.2 Å². The van der Waals surface area contributed by atoms with Crippen LogP contribution in [0, 0.1) is 5.92 Å². The zero-order valence-corrected chi connectivity index (χ0v) is 13.3. The molecule has 0 heterocycles. The van der Waals surface area contributed by atoms with E-state index in [2.05, 4.69) is 4.72 Å². The molecule has 1 aliphatic carbocycles. The number of sulfonamides is 1. The van der Waals surface area contributed by atoms with Gasteiger partial charge >= 0.3 is 5.97 Å². The summed E-state index contributed by atoms with van der Waals surface area (Å²) in [4.78, 5) is 22.9. The Kier molecular flexibility index (Phi) is 4.67. The Hall–Kier alpha value is -1.73. The Labute approximate surface area is 129 Å². The number of nitrogens with one attached hydrogen (secondary N) is 1. The third kappa shape index (κ3) is 3.36. The van der Waals surface area contributed by atoms with Gasteiger partial charge in [-0.1, -0.05) is 13.8 Å². The molecule has 2 N–H and O–H groups in total. The molecular formula is C15H19NO5S. The normalized spacial score (nSPS) is 16.4. The van der Waals surface area contributed by atoms with E-state index in [1.54, 1.807) is 13.8 Å². The second-order valence-corrected chi connectivity index (χ2v) is 7.49. The Bertz CT molecular complexity index is 709. The van der Waals surface area contributed by atoms with Crippen molar-refractivity contribution in [3.05, 3.63) is 29.3 Å². The second-order valence-electron chi connectivity index (χ2n) is 5.78. The lowest BCUT2D eigenvalue weighted by Crippen LogP contribution is -2.44. The van der Waals surface area contributed by atoms with E-state index in [0.717, 1.165) is 0 Å². The van der Waals surface area contributed by atoms with Gasteiger partial charge in [0.15, 0.2) is 5.78 Å². The summed E-state index contributed by atoms with van der Waals surface area (Å²) in [7, 11) is -3.94.